The second kappa shape index (κ2) is 9.48. The zero-order chi connectivity index (χ0) is 25.5. The van der Waals surface area contributed by atoms with Gasteiger partial charge in [0.05, 0.1) is 11.0 Å². The molecule has 0 unspecified atom stereocenters. The van der Waals surface area contributed by atoms with Gasteiger partial charge in [0.1, 0.15) is 0 Å². The molecule has 0 fully saturated rings. The molecular formula is C36H24BrN. The Hall–Kier alpha value is -4.40. The standard InChI is InChI=1S/C36H24BrN/c37-29-12-8-11-27(23-29)28-19-22-34-33-15-6-7-16-35(33)38(36(34)24-28)30-20-17-26(18-21-30)32-14-5-4-13-31(32)25-9-2-1-3-10-25/h1-24H. The van der Waals surface area contributed by atoms with Gasteiger partial charge in [-0.2, -0.15) is 0 Å². The van der Waals surface area contributed by atoms with Crippen molar-refractivity contribution in [3.8, 4) is 39.1 Å². The van der Waals surface area contributed by atoms with Gasteiger partial charge in [-0.3, -0.25) is 0 Å². The summed E-state index contributed by atoms with van der Waals surface area (Å²) in [6.07, 6.45) is 0. The molecule has 0 aliphatic rings. The fourth-order valence-electron chi connectivity index (χ4n) is 5.49. The molecule has 0 saturated carbocycles. The Morgan fingerprint density at radius 1 is 0.395 bits per heavy atom. The minimum Gasteiger partial charge on any atom is -0.309 e. The minimum atomic E-state index is 1.09. The van der Waals surface area contributed by atoms with Crippen LogP contribution in [-0.2, 0) is 0 Å². The highest BCUT2D eigenvalue weighted by molar-refractivity contribution is 9.10. The van der Waals surface area contributed by atoms with Crippen molar-refractivity contribution in [2.75, 3.05) is 0 Å². The fraction of sp³-hybridized carbons (Fsp3) is 0. The van der Waals surface area contributed by atoms with Gasteiger partial charge in [-0.05, 0) is 69.8 Å². The van der Waals surface area contributed by atoms with E-state index in [9.17, 15) is 0 Å². The molecule has 0 aliphatic carbocycles. The predicted molar refractivity (Wildman–Crippen MR) is 165 cm³/mol. The molecule has 7 rings (SSSR count). The van der Waals surface area contributed by atoms with Crippen LogP contribution >= 0.6 is 15.9 Å². The zero-order valence-corrected chi connectivity index (χ0v) is 22.3. The quantitative estimate of drug-likeness (QED) is 0.205. The number of halogens is 1. The number of fused-ring (bicyclic) bond motifs is 3. The van der Waals surface area contributed by atoms with E-state index in [1.54, 1.807) is 0 Å². The Morgan fingerprint density at radius 3 is 1.74 bits per heavy atom. The predicted octanol–water partition coefficient (Wildman–Crippen LogP) is 10.5. The molecule has 180 valence electrons. The van der Waals surface area contributed by atoms with Gasteiger partial charge in [0, 0.05) is 20.9 Å². The van der Waals surface area contributed by atoms with Gasteiger partial charge >= 0.3 is 0 Å². The van der Waals surface area contributed by atoms with Crippen LogP contribution in [0.4, 0.5) is 0 Å². The maximum Gasteiger partial charge on any atom is 0.0547 e. The molecule has 0 aliphatic heterocycles. The van der Waals surface area contributed by atoms with Crippen LogP contribution in [-0.4, -0.2) is 4.57 Å². The SMILES string of the molecule is Brc1cccc(-c2ccc3c4ccccc4n(-c4ccc(-c5ccccc5-c5ccccc5)cc4)c3c2)c1. The highest BCUT2D eigenvalue weighted by Gasteiger charge is 2.14. The number of hydrogen-bond donors (Lipinski definition) is 0. The van der Waals surface area contributed by atoms with E-state index in [1.165, 1.54) is 55.2 Å². The lowest BCUT2D eigenvalue weighted by Crippen LogP contribution is -1.94. The number of para-hydroxylation sites is 1. The maximum atomic E-state index is 3.63. The summed E-state index contributed by atoms with van der Waals surface area (Å²) in [5.41, 5.74) is 10.9. The molecule has 0 atom stereocenters. The molecule has 1 nitrogen and oxygen atoms in total. The molecule has 0 saturated heterocycles. The number of aromatic nitrogens is 1. The largest absolute Gasteiger partial charge is 0.309 e. The van der Waals surface area contributed by atoms with Crippen LogP contribution in [0, 0.1) is 0 Å². The van der Waals surface area contributed by atoms with E-state index in [0.29, 0.717) is 0 Å². The average molecular weight is 550 g/mol. The maximum absolute atomic E-state index is 3.63. The lowest BCUT2D eigenvalue weighted by Gasteiger charge is -2.13. The molecule has 7 aromatic rings. The molecule has 0 spiro atoms. The first-order chi connectivity index (χ1) is 18.8. The molecule has 2 heteroatoms. The van der Waals surface area contributed by atoms with E-state index in [2.05, 4.69) is 166 Å². The molecule has 0 N–H and O–H groups in total. The number of hydrogen-bond acceptors (Lipinski definition) is 0. The first-order valence-electron chi connectivity index (χ1n) is 12.8. The lowest BCUT2D eigenvalue weighted by atomic mass is 9.94. The van der Waals surface area contributed by atoms with Crippen LogP contribution in [0.25, 0.3) is 60.9 Å². The van der Waals surface area contributed by atoms with Crippen molar-refractivity contribution in [1.29, 1.82) is 0 Å². The van der Waals surface area contributed by atoms with Gasteiger partial charge in [0.2, 0.25) is 0 Å². The monoisotopic (exact) mass is 549 g/mol. The van der Waals surface area contributed by atoms with Crippen molar-refractivity contribution in [3.63, 3.8) is 0 Å². The third kappa shape index (κ3) is 3.95. The van der Waals surface area contributed by atoms with Gasteiger partial charge in [-0.25, -0.2) is 0 Å². The third-order valence-corrected chi connectivity index (χ3v) is 7.77. The Labute approximate surface area is 230 Å². The van der Waals surface area contributed by atoms with Crippen LogP contribution in [0.5, 0.6) is 0 Å². The summed E-state index contributed by atoms with van der Waals surface area (Å²) >= 11 is 3.63. The average Bonchev–Trinajstić information content (AvgIpc) is 3.31. The van der Waals surface area contributed by atoms with Gasteiger partial charge in [0.15, 0.2) is 0 Å². The number of nitrogens with zero attached hydrogens (tertiary/aromatic N) is 1. The van der Waals surface area contributed by atoms with E-state index in [0.717, 1.165) is 10.2 Å². The van der Waals surface area contributed by atoms with Crippen LogP contribution in [0.1, 0.15) is 0 Å². The third-order valence-electron chi connectivity index (χ3n) is 7.28. The molecule has 1 heterocycles. The van der Waals surface area contributed by atoms with Crippen LogP contribution in [0.2, 0.25) is 0 Å². The summed E-state index contributed by atoms with van der Waals surface area (Å²) in [6, 6.07) is 52.2. The van der Waals surface area contributed by atoms with Gasteiger partial charge in [-0.1, -0.05) is 125 Å². The molecule has 1 aromatic heterocycles. The molecule has 0 bridgehead atoms. The summed E-state index contributed by atoms with van der Waals surface area (Å²) in [5, 5.41) is 2.53. The summed E-state index contributed by atoms with van der Waals surface area (Å²) in [4.78, 5) is 0. The zero-order valence-electron chi connectivity index (χ0n) is 20.7. The summed E-state index contributed by atoms with van der Waals surface area (Å²) in [7, 11) is 0. The van der Waals surface area contributed by atoms with E-state index in [1.807, 2.05) is 0 Å². The first-order valence-corrected chi connectivity index (χ1v) is 13.6. The Bertz CT molecular complexity index is 1910. The molecule has 6 aromatic carbocycles. The van der Waals surface area contributed by atoms with Crippen molar-refractivity contribution >= 4 is 37.7 Å². The van der Waals surface area contributed by atoms with E-state index >= 15 is 0 Å². The molecular weight excluding hydrogens is 526 g/mol. The van der Waals surface area contributed by atoms with E-state index in [4.69, 9.17) is 0 Å². The number of benzene rings is 6. The highest BCUT2D eigenvalue weighted by atomic mass is 79.9. The molecule has 0 radical (unpaired) electrons. The second-order valence-electron chi connectivity index (χ2n) is 9.55. The Kier molecular flexibility index (Phi) is 5.68. The lowest BCUT2D eigenvalue weighted by molar-refractivity contribution is 1.18. The van der Waals surface area contributed by atoms with Crippen molar-refractivity contribution in [2.45, 2.75) is 0 Å². The van der Waals surface area contributed by atoms with Crippen molar-refractivity contribution in [3.05, 3.63) is 150 Å². The van der Waals surface area contributed by atoms with Crippen molar-refractivity contribution in [1.82, 2.24) is 4.57 Å². The normalized spacial score (nSPS) is 11.3. The van der Waals surface area contributed by atoms with E-state index in [-0.39, 0.29) is 0 Å². The smallest absolute Gasteiger partial charge is 0.0547 e. The second-order valence-corrected chi connectivity index (χ2v) is 10.5. The first kappa shape index (κ1) is 22.8. The summed E-state index contributed by atoms with van der Waals surface area (Å²) in [6.45, 7) is 0. The van der Waals surface area contributed by atoms with Crippen LogP contribution in [0.15, 0.2) is 150 Å². The van der Waals surface area contributed by atoms with Gasteiger partial charge in [-0.15, -0.1) is 0 Å². The Balaban J connectivity index is 1.38. The highest BCUT2D eigenvalue weighted by Crippen LogP contribution is 2.37. The van der Waals surface area contributed by atoms with Crippen molar-refractivity contribution in [2.24, 2.45) is 0 Å². The summed E-state index contributed by atoms with van der Waals surface area (Å²) in [5.74, 6) is 0. The molecule has 0 amide bonds. The molecule has 38 heavy (non-hydrogen) atoms. The topological polar surface area (TPSA) is 4.93 Å². The minimum absolute atomic E-state index is 1.09. The van der Waals surface area contributed by atoms with Crippen LogP contribution < -0.4 is 0 Å². The van der Waals surface area contributed by atoms with Gasteiger partial charge < -0.3 is 4.57 Å². The van der Waals surface area contributed by atoms with Gasteiger partial charge in [0.25, 0.3) is 0 Å². The fourth-order valence-corrected chi connectivity index (χ4v) is 5.89. The van der Waals surface area contributed by atoms with Crippen LogP contribution in [0.3, 0.4) is 0 Å². The Morgan fingerprint density at radius 2 is 0.974 bits per heavy atom. The number of rotatable bonds is 4. The summed E-state index contributed by atoms with van der Waals surface area (Å²) < 4.78 is 3.47. The van der Waals surface area contributed by atoms with E-state index < -0.39 is 0 Å². The van der Waals surface area contributed by atoms with Crippen molar-refractivity contribution < 1.29 is 0 Å².